The van der Waals surface area contributed by atoms with E-state index in [1.165, 1.54) is 16.7 Å². The average molecular weight is 389 g/mol. The van der Waals surface area contributed by atoms with E-state index in [4.69, 9.17) is 9.47 Å². The molecule has 0 saturated heterocycles. The summed E-state index contributed by atoms with van der Waals surface area (Å²) in [6.07, 6.45) is 1.60. The predicted molar refractivity (Wildman–Crippen MR) is 113 cm³/mol. The number of ether oxygens (including phenoxy) is 2. The number of aryl methyl sites for hydroxylation is 2. The topological polar surface area (TPSA) is 56.3 Å². The average Bonchev–Trinajstić information content (AvgIpc) is 3.15. The van der Waals surface area contributed by atoms with Gasteiger partial charge in [0.05, 0.1) is 5.39 Å². The van der Waals surface area contributed by atoms with Crippen LogP contribution < -0.4 is 14.8 Å². The third-order valence-electron chi connectivity index (χ3n) is 4.99. The zero-order valence-electron chi connectivity index (χ0n) is 15.7. The highest BCUT2D eigenvalue weighted by atomic mass is 32.1. The van der Waals surface area contributed by atoms with E-state index in [0.717, 1.165) is 38.8 Å². The van der Waals surface area contributed by atoms with Gasteiger partial charge in [0, 0.05) is 22.7 Å². The summed E-state index contributed by atoms with van der Waals surface area (Å²) in [6, 6.07) is 12.4. The van der Waals surface area contributed by atoms with Gasteiger partial charge >= 0.3 is 0 Å². The quantitative estimate of drug-likeness (QED) is 0.502. The molecule has 0 bridgehead atoms. The van der Waals surface area contributed by atoms with Gasteiger partial charge < -0.3 is 14.8 Å². The van der Waals surface area contributed by atoms with Gasteiger partial charge in [-0.3, -0.25) is 0 Å². The fourth-order valence-corrected chi connectivity index (χ4v) is 4.27. The molecule has 5 rings (SSSR count). The summed E-state index contributed by atoms with van der Waals surface area (Å²) in [5.74, 6) is 2.31. The van der Waals surface area contributed by atoms with Crippen LogP contribution in [0.3, 0.4) is 0 Å². The van der Waals surface area contributed by atoms with Crippen molar-refractivity contribution >= 4 is 33.1 Å². The van der Waals surface area contributed by atoms with E-state index >= 15 is 0 Å². The summed E-state index contributed by atoms with van der Waals surface area (Å²) in [7, 11) is 0. The lowest BCUT2D eigenvalue weighted by atomic mass is 10.0. The first-order valence-corrected chi connectivity index (χ1v) is 10.0. The van der Waals surface area contributed by atoms with E-state index in [9.17, 15) is 0 Å². The Balaban J connectivity index is 1.58. The largest absolute Gasteiger partial charge is 0.486 e. The van der Waals surface area contributed by atoms with Gasteiger partial charge in [0.15, 0.2) is 11.5 Å². The van der Waals surface area contributed by atoms with Gasteiger partial charge in [-0.2, -0.15) is 0 Å². The first-order chi connectivity index (χ1) is 13.7. The Morgan fingerprint density at radius 2 is 1.79 bits per heavy atom. The van der Waals surface area contributed by atoms with Crippen LogP contribution in [0.25, 0.3) is 21.3 Å². The number of nitrogens with zero attached hydrogens (tertiary/aromatic N) is 2. The molecule has 28 heavy (non-hydrogen) atoms. The molecule has 3 heterocycles. The molecule has 0 atom stereocenters. The van der Waals surface area contributed by atoms with Gasteiger partial charge in [0.2, 0.25) is 0 Å². The Labute approximate surface area is 167 Å². The lowest BCUT2D eigenvalue weighted by molar-refractivity contribution is 0.171. The monoisotopic (exact) mass is 389 g/mol. The molecule has 1 N–H and O–H groups in total. The highest BCUT2D eigenvalue weighted by molar-refractivity contribution is 7.17. The Morgan fingerprint density at radius 1 is 0.929 bits per heavy atom. The number of anilines is 2. The second kappa shape index (κ2) is 6.80. The van der Waals surface area contributed by atoms with E-state index in [0.29, 0.717) is 13.2 Å². The molecule has 2 aromatic heterocycles. The smallest absolute Gasteiger partial charge is 0.163 e. The lowest BCUT2D eigenvalue weighted by Gasteiger charge is -2.19. The van der Waals surface area contributed by atoms with Crippen LogP contribution in [0.15, 0.2) is 48.1 Å². The van der Waals surface area contributed by atoms with Gasteiger partial charge in [-0.1, -0.05) is 18.2 Å². The van der Waals surface area contributed by atoms with Crippen molar-refractivity contribution in [1.29, 1.82) is 0 Å². The fourth-order valence-electron chi connectivity index (χ4n) is 3.35. The summed E-state index contributed by atoms with van der Waals surface area (Å²) in [5.41, 5.74) is 5.78. The molecule has 5 nitrogen and oxygen atoms in total. The van der Waals surface area contributed by atoms with E-state index < -0.39 is 0 Å². The second-order valence-corrected chi connectivity index (χ2v) is 7.69. The molecular weight excluding hydrogens is 370 g/mol. The molecule has 140 valence electrons. The van der Waals surface area contributed by atoms with E-state index in [1.807, 2.05) is 18.2 Å². The van der Waals surface area contributed by atoms with Crippen LogP contribution in [0.2, 0.25) is 0 Å². The Kier molecular flexibility index (Phi) is 4.13. The number of rotatable bonds is 3. The maximum atomic E-state index is 5.70. The second-order valence-electron chi connectivity index (χ2n) is 6.83. The minimum atomic E-state index is 0.565. The molecule has 0 saturated carbocycles. The van der Waals surface area contributed by atoms with Crippen LogP contribution in [0.5, 0.6) is 11.5 Å². The van der Waals surface area contributed by atoms with Crippen LogP contribution in [0.4, 0.5) is 11.5 Å². The molecular formula is C22H19N3O2S. The zero-order valence-corrected chi connectivity index (χ0v) is 16.5. The summed E-state index contributed by atoms with van der Waals surface area (Å²) >= 11 is 1.63. The molecule has 2 aromatic carbocycles. The normalized spacial score (nSPS) is 12.9. The Bertz CT molecular complexity index is 1190. The maximum Gasteiger partial charge on any atom is 0.163 e. The van der Waals surface area contributed by atoms with Crippen molar-refractivity contribution in [3.8, 4) is 22.6 Å². The minimum absolute atomic E-state index is 0.565. The SMILES string of the molecule is Cc1ccc(-c2csc3ncnc(Nc4ccc5c(c4)OCCO5)c23)cc1C. The molecule has 0 spiro atoms. The highest BCUT2D eigenvalue weighted by Gasteiger charge is 2.16. The molecule has 0 amide bonds. The summed E-state index contributed by atoms with van der Waals surface area (Å²) in [6.45, 7) is 5.41. The first kappa shape index (κ1) is 17.0. The number of hydrogen-bond acceptors (Lipinski definition) is 6. The maximum absolute atomic E-state index is 5.70. The van der Waals surface area contributed by atoms with E-state index in [1.54, 1.807) is 17.7 Å². The van der Waals surface area contributed by atoms with Gasteiger partial charge in [0.25, 0.3) is 0 Å². The molecule has 1 aliphatic heterocycles. The first-order valence-electron chi connectivity index (χ1n) is 9.15. The van der Waals surface area contributed by atoms with Gasteiger partial charge in [-0.25, -0.2) is 9.97 Å². The van der Waals surface area contributed by atoms with Crippen molar-refractivity contribution in [1.82, 2.24) is 9.97 Å². The predicted octanol–water partition coefficient (Wildman–Crippen LogP) is 5.49. The molecule has 0 unspecified atom stereocenters. The summed E-state index contributed by atoms with van der Waals surface area (Å²) in [5, 5.41) is 6.62. The van der Waals surface area contributed by atoms with E-state index in [-0.39, 0.29) is 0 Å². The van der Waals surface area contributed by atoms with Crippen molar-refractivity contribution in [2.45, 2.75) is 13.8 Å². The number of hydrogen-bond donors (Lipinski definition) is 1. The Hall–Kier alpha value is -3.12. The van der Waals surface area contributed by atoms with E-state index in [2.05, 4.69) is 52.7 Å². The lowest BCUT2D eigenvalue weighted by Crippen LogP contribution is -2.15. The van der Waals surface area contributed by atoms with Crippen molar-refractivity contribution in [3.05, 3.63) is 59.2 Å². The highest BCUT2D eigenvalue weighted by Crippen LogP contribution is 2.39. The number of aromatic nitrogens is 2. The third-order valence-corrected chi connectivity index (χ3v) is 5.88. The third kappa shape index (κ3) is 2.96. The number of nitrogens with one attached hydrogen (secondary N) is 1. The van der Waals surface area contributed by atoms with Crippen molar-refractivity contribution in [3.63, 3.8) is 0 Å². The van der Waals surface area contributed by atoms with Gasteiger partial charge in [-0.05, 0) is 42.7 Å². The number of fused-ring (bicyclic) bond motifs is 2. The standard InChI is InChI=1S/C22H19N3O2S/c1-13-3-4-15(9-14(13)2)17-11-28-22-20(17)21(23-12-24-22)25-16-5-6-18-19(10-16)27-8-7-26-18/h3-6,9-12H,7-8H2,1-2H3,(H,23,24,25). The fraction of sp³-hybridized carbons (Fsp3) is 0.182. The molecule has 4 aromatic rings. The molecule has 1 aliphatic rings. The summed E-state index contributed by atoms with van der Waals surface area (Å²) in [4.78, 5) is 9.95. The zero-order chi connectivity index (χ0) is 19.1. The Morgan fingerprint density at radius 3 is 2.64 bits per heavy atom. The van der Waals surface area contributed by atoms with Crippen molar-refractivity contribution in [2.75, 3.05) is 18.5 Å². The van der Waals surface area contributed by atoms with Crippen LogP contribution >= 0.6 is 11.3 Å². The molecule has 6 heteroatoms. The molecule has 0 radical (unpaired) electrons. The molecule has 0 aliphatic carbocycles. The van der Waals surface area contributed by atoms with Crippen LogP contribution in [-0.2, 0) is 0 Å². The van der Waals surface area contributed by atoms with Crippen LogP contribution in [0, 0.1) is 13.8 Å². The van der Waals surface area contributed by atoms with Crippen molar-refractivity contribution < 1.29 is 9.47 Å². The van der Waals surface area contributed by atoms with Crippen LogP contribution in [0.1, 0.15) is 11.1 Å². The number of benzene rings is 2. The minimum Gasteiger partial charge on any atom is -0.486 e. The summed E-state index contributed by atoms with van der Waals surface area (Å²) < 4.78 is 11.3. The number of thiophene rings is 1. The molecule has 0 fully saturated rings. The van der Waals surface area contributed by atoms with Crippen molar-refractivity contribution in [2.24, 2.45) is 0 Å². The van der Waals surface area contributed by atoms with Gasteiger partial charge in [-0.15, -0.1) is 11.3 Å². The van der Waals surface area contributed by atoms with Gasteiger partial charge in [0.1, 0.15) is 30.2 Å². The van der Waals surface area contributed by atoms with Crippen LogP contribution in [-0.4, -0.2) is 23.2 Å².